The first kappa shape index (κ1) is 14.0. The molecular weight excluding hydrogens is 268 g/mol. The summed E-state index contributed by atoms with van der Waals surface area (Å²) < 4.78 is 14.2. The number of hydrogen-bond acceptors (Lipinski definition) is 7. The number of likely N-dealkylation sites (N-methyl/N-ethyl adjacent to an activating group) is 1. The lowest BCUT2D eigenvalue weighted by atomic mass is 10.3. The molecule has 0 unspecified atom stereocenters. The van der Waals surface area contributed by atoms with Crippen LogP contribution in [0.15, 0.2) is 19.9 Å². The number of nitrogens with one attached hydrogen (secondary N) is 1. The van der Waals surface area contributed by atoms with Crippen molar-refractivity contribution in [2.75, 3.05) is 20.7 Å². The summed E-state index contributed by atoms with van der Waals surface area (Å²) in [6.07, 6.45) is 0.372. The van der Waals surface area contributed by atoms with Gasteiger partial charge in [-0.2, -0.15) is 0 Å². The summed E-state index contributed by atoms with van der Waals surface area (Å²) in [6, 6.07) is 1.53. The van der Waals surface area contributed by atoms with E-state index < -0.39 is 5.76 Å². The molecule has 0 aliphatic carbocycles. The Balaban J connectivity index is 1.92. The van der Waals surface area contributed by atoms with Gasteiger partial charge in [0.2, 0.25) is 0 Å². The van der Waals surface area contributed by atoms with E-state index in [1.165, 1.54) is 18.1 Å². The van der Waals surface area contributed by atoms with Gasteiger partial charge in [-0.15, -0.1) is 0 Å². The zero-order chi connectivity index (χ0) is 14.5. The van der Waals surface area contributed by atoms with E-state index in [1.807, 2.05) is 0 Å². The van der Waals surface area contributed by atoms with Gasteiger partial charge in [-0.3, -0.25) is 14.3 Å². The highest BCUT2D eigenvalue weighted by molar-refractivity contribution is 5.92. The van der Waals surface area contributed by atoms with Gasteiger partial charge in [-0.1, -0.05) is 10.3 Å². The Bertz CT molecular complexity index is 629. The first-order valence-electron chi connectivity index (χ1n) is 5.85. The number of aromatic amines is 1. The van der Waals surface area contributed by atoms with Gasteiger partial charge in [0.1, 0.15) is 6.61 Å². The van der Waals surface area contributed by atoms with Crippen LogP contribution in [0.2, 0.25) is 0 Å². The lowest BCUT2D eigenvalue weighted by molar-refractivity contribution is 0.0785. The molecule has 0 aromatic carbocycles. The van der Waals surface area contributed by atoms with E-state index in [0.29, 0.717) is 24.6 Å². The molecule has 9 heteroatoms. The molecule has 9 nitrogen and oxygen atoms in total. The molecule has 0 bridgehead atoms. The van der Waals surface area contributed by atoms with Crippen LogP contribution >= 0.6 is 0 Å². The molecule has 0 saturated carbocycles. The topological polar surface area (TPSA) is 114 Å². The van der Waals surface area contributed by atoms with Gasteiger partial charge in [0, 0.05) is 33.2 Å². The Morgan fingerprint density at radius 3 is 2.90 bits per heavy atom. The fourth-order valence-corrected chi connectivity index (χ4v) is 1.56. The summed E-state index contributed by atoms with van der Waals surface area (Å²) in [4.78, 5) is 26.6. The highest BCUT2D eigenvalue weighted by Crippen LogP contribution is 2.07. The molecule has 20 heavy (non-hydrogen) atoms. The summed E-state index contributed by atoms with van der Waals surface area (Å²) in [5, 5.41) is 7.19. The number of amides is 1. The predicted octanol–water partition coefficient (Wildman–Crippen LogP) is -0.188. The molecule has 0 spiro atoms. The van der Waals surface area contributed by atoms with E-state index in [2.05, 4.69) is 19.8 Å². The minimum absolute atomic E-state index is 0.202. The first-order valence-corrected chi connectivity index (χ1v) is 5.85. The van der Waals surface area contributed by atoms with Crippen molar-refractivity contribution < 1.29 is 18.6 Å². The van der Waals surface area contributed by atoms with Crippen molar-refractivity contribution in [1.29, 1.82) is 0 Å². The van der Waals surface area contributed by atoms with Gasteiger partial charge < -0.3 is 14.2 Å². The van der Waals surface area contributed by atoms with E-state index in [-0.39, 0.29) is 18.2 Å². The number of H-pyrrole nitrogens is 1. The maximum Gasteiger partial charge on any atom is 0.438 e. The molecule has 2 aromatic rings. The molecule has 1 amide bonds. The molecular formula is C11H14N4O5. The van der Waals surface area contributed by atoms with E-state index >= 15 is 0 Å². The van der Waals surface area contributed by atoms with Crippen molar-refractivity contribution in [3.05, 3.63) is 33.9 Å². The summed E-state index contributed by atoms with van der Waals surface area (Å²) in [7, 11) is 3.14. The minimum atomic E-state index is -0.616. The third kappa shape index (κ3) is 3.32. The summed E-state index contributed by atoms with van der Waals surface area (Å²) in [5.41, 5.74) is 0.202. The van der Waals surface area contributed by atoms with Gasteiger partial charge in [0.05, 0.1) is 0 Å². The average Bonchev–Trinajstić information content (AvgIpc) is 3.05. The molecule has 1 N–H and O–H groups in total. The van der Waals surface area contributed by atoms with Crippen LogP contribution in [-0.4, -0.2) is 46.8 Å². The highest BCUT2D eigenvalue weighted by atomic mass is 16.5. The van der Waals surface area contributed by atoms with Gasteiger partial charge in [0.15, 0.2) is 17.3 Å². The number of ether oxygens (including phenoxy) is 1. The quantitative estimate of drug-likeness (QED) is 0.780. The molecule has 108 valence electrons. The number of carbonyl (C=O) groups is 1. The van der Waals surface area contributed by atoms with Crippen LogP contribution < -0.4 is 5.76 Å². The molecule has 2 aromatic heterocycles. The zero-order valence-corrected chi connectivity index (χ0v) is 11.1. The molecule has 0 radical (unpaired) electrons. The Morgan fingerprint density at radius 1 is 1.45 bits per heavy atom. The largest absolute Gasteiger partial charge is 0.438 e. The minimum Gasteiger partial charge on any atom is -0.377 e. The van der Waals surface area contributed by atoms with Gasteiger partial charge in [0.25, 0.3) is 5.91 Å². The standard InChI is InChI=1S/C11H14N4O5/c1-15(4-3-9-12-11(17)20-14-9)10(16)8-5-7(6-18-2)19-13-8/h5H,3-4,6H2,1-2H3,(H,12,14,17). The summed E-state index contributed by atoms with van der Waals surface area (Å²) >= 11 is 0. The van der Waals surface area contributed by atoms with Crippen molar-refractivity contribution in [2.24, 2.45) is 0 Å². The van der Waals surface area contributed by atoms with Crippen molar-refractivity contribution in [3.63, 3.8) is 0 Å². The first-order chi connectivity index (χ1) is 9.60. The third-order valence-corrected chi connectivity index (χ3v) is 2.58. The number of methoxy groups -OCH3 is 1. The zero-order valence-electron chi connectivity index (χ0n) is 11.1. The van der Waals surface area contributed by atoms with Gasteiger partial charge in [-0.25, -0.2) is 4.79 Å². The second kappa shape index (κ2) is 6.15. The Labute approximate surface area is 113 Å². The lowest BCUT2D eigenvalue weighted by Crippen LogP contribution is -2.29. The highest BCUT2D eigenvalue weighted by Gasteiger charge is 2.17. The van der Waals surface area contributed by atoms with E-state index in [9.17, 15) is 9.59 Å². The number of carbonyl (C=O) groups excluding carboxylic acids is 1. The smallest absolute Gasteiger partial charge is 0.377 e. The Morgan fingerprint density at radius 2 is 2.25 bits per heavy atom. The molecule has 0 aliphatic heterocycles. The normalized spacial score (nSPS) is 10.7. The van der Waals surface area contributed by atoms with Crippen LogP contribution in [0.4, 0.5) is 0 Å². The molecule has 0 aliphatic rings. The fourth-order valence-electron chi connectivity index (χ4n) is 1.56. The second-order valence-corrected chi connectivity index (χ2v) is 4.13. The van der Waals surface area contributed by atoms with E-state index in [1.54, 1.807) is 7.05 Å². The number of nitrogens with zero attached hydrogens (tertiary/aromatic N) is 3. The molecule has 0 atom stereocenters. The van der Waals surface area contributed by atoms with Crippen molar-refractivity contribution in [2.45, 2.75) is 13.0 Å². The fraction of sp³-hybridized carbons (Fsp3) is 0.455. The molecule has 0 saturated heterocycles. The van der Waals surface area contributed by atoms with Crippen molar-refractivity contribution in [3.8, 4) is 0 Å². The lowest BCUT2D eigenvalue weighted by Gasteiger charge is -2.13. The maximum absolute atomic E-state index is 12.0. The van der Waals surface area contributed by atoms with E-state index in [0.717, 1.165) is 0 Å². The predicted molar refractivity (Wildman–Crippen MR) is 65.0 cm³/mol. The third-order valence-electron chi connectivity index (χ3n) is 2.58. The van der Waals surface area contributed by atoms with Crippen LogP contribution in [-0.2, 0) is 17.8 Å². The SMILES string of the molecule is COCc1cc(C(=O)N(C)CCc2noc(=O)[nH]2)no1. The Kier molecular flexibility index (Phi) is 4.31. The number of rotatable bonds is 6. The van der Waals surface area contributed by atoms with Crippen LogP contribution in [0.3, 0.4) is 0 Å². The number of aromatic nitrogens is 3. The van der Waals surface area contributed by atoms with Gasteiger partial charge >= 0.3 is 5.76 Å². The molecule has 2 rings (SSSR count). The summed E-state index contributed by atoms with van der Waals surface area (Å²) in [5.74, 6) is -0.0448. The van der Waals surface area contributed by atoms with Gasteiger partial charge in [-0.05, 0) is 0 Å². The second-order valence-electron chi connectivity index (χ2n) is 4.13. The van der Waals surface area contributed by atoms with Crippen molar-refractivity contribution >= 4 is 5.91 Å². The van der Waals surface area contributed by atoms with Crippen LogP contribution in [0, 0.1) is 0 Å². The monoisotopic (exact) mass is 282 g/mol. The van der Waals surface area contributed by atoms with Crippen LogP contribution in [0.5, 0.6) is 0 Å². The molecule has 0 fully saturated rings. The van der Waals surface area contributed by atoms with Crippen molar-refractivity contribution in [1.82, 2.24) is 20.2 Å². The number of hydrogen-bond donors (Lipinski definition) is 1. The van der Waals surface area contributed by atoms with Crippen LogP contribution in [0.1, 0.15) is 22.1 Å². The average molecular weight is 282 g/mol. The Hall–Kier alpha value is -2.42. The van der Waals surface area contributed by atoms with Crippen LogP contribution in [0.25, 0.3) is 0 Å². The van der Waals surface area contributed by atoms with E-state index in [4.69, 9.17) is 9.26 Å². The summed E-state index contributed by atoms with van der Waals surface area (Å²) in [6.45, 7) is 0.609. The maximum atomic E-state index is 12.0. The molecule has 2 heterocycles.